The average molecular weight is 473 g/mol. The van der Waals surface area contributed by atoms with Crippen molar-refractivity contribution < 1.29 is 34.0 Å². The number of nitrogens with one attached hydrogen (secondary N) is 2. The molecular formula is C24H44N2O7. The molecule has 33 heavy (non-hydrogen) atoms. The van der Waals surface area contributed by atoms with Crippen LogP contribution < -0.4 is 10.6 Å². The van der Waals surface area contributed by atoms with Crippen molar-refractivity contribution in [3.05, 3.63) is 0 Å². The van der Waals surface area contributed by atoms with Crippen LogP contribution in [0.25, 0.3) is 0 Å². The molecule has 4 unspecified atom stereocenters. The van der Waals surface area contributed by atoms with Crippen LogP contribution in [-0.4, -0.2) is 78.5 Å². The highest BCUT2D eigenvalue weighted by atomic mass is 16.7. The van der Waals surface area contributed by atoms with Gasteiger partial charge in [0.15, 0.2) is 5.79 Å². The van der Waals surface area contributed by atoms with E-state index in [1.807, 2.05) is 13.8 Å². The maximum absolute atomic E-state index is 12.1. The lowest BCUT2D eigenvalue weighted by molar-refractivity contribution is -0.179. The Hall–Kier alpha value is -1.26. The number of aliphatic hydroxyl groups excluding tert-OH is 2. The monoisotopic (exact) mass is 472 g/mol. The van der Waals surface area contributed by atoms with Gasteiger partial charge in [0.05, 0.1) is 31.5 Å². The van der Waals surface area contributed by atoms with E-state index in [0.717, 1.165) is 38.5 Å². The second kappa shape index (κ2) is 14.2. The van der Waals surface area contributed by atoms with Gasteiger partial charge in [0.1, 0.15) is 6.10 Å². The van der Waals surface area contributed by atoms with E-state index in [2.05, 4.69) is 10.6 Å². The van der Waals surface area contributed by atoms with Gasteiger partial charge >= 0.3 is 0 Å². The Balaban J connectivity index is 1.43. The van der Waals surface area contributed by atoms with Crippen molar-refractivity contribution in [2.24, 2.45) is 0 Å². The first-order valence-electron chi connectivity index (χ1n) is 12.6. The van der Waals surface area contributed by atoms with Crippen LogP contribution in [0.1, 0.15) is 84.5 Å². The lowest BCUT2D eigenvalue weighted by atomic mass is 9.96. The molecule has 4 N–H and O–H groups in total. The Morgan fingerprint density at radius 2 is 1.52 bits per heavy atom. The zero-order valence-corrected chi connectivity index (χ0v) is 20.4. The van der Waals surface area contributed by atoms with Gasteiger partial charge in [-0.25, -0.2) is 0 Å². The second-order valence-electron chi connectivity index (χ2n) is 9.52. The third-order valence-electron chi connectivity index (χ3n) is 6.67. The minimum Gasteiger partial charge on any atom is -0.394 e. The SMILES string of the molecule is CCC1(CCC(=O)NCCCCCCNC(=O)CCC2(C)CCC(CO)O2)OCC(CO)O1. The number of amides is 2. The summed E-state index contributed by atoms with van der Waals surface area (Å²) in [4.78, 5) is 24.1. The number of carbonyl (C=O) groups is 2. The first-order valence-corrected chi connectivity index (χ1v) is 12.6. The average Bonchev–Trinajstić information content (AvgIpc) is 3.42. The predicted molar refractivity (Wildman–Crippen MR) is 123 cm³/mol. The van der Waals surface area contributed by atoms with Crippen molar-refractivity contribution >= 4 is 11.8 Å². The quantitative estimate of drug-likeness (QED) is 0.252. The first kappa shape index (κ1) is 28.0. The molecule has 2 rings (SSSR count). The normalized spacial score (nSPS) is 29.3. The molecule has 0 bridgehead atoms. The molecule has 2 saturated heterocycles. The number of rotatable bonds is 16. The van der Waals surface area contributed by atoms with Crippen molar-refractivity contribution in [1.82, 2.24) is 10.6 Å². The summed E-state index contributed by atoms with van der Waals surface area (Å²) in [5.41, 5.74) is -0.300. The van der Waals surface area contributed by atoms with Gasteiger partial charge in [0.2, 0.25) is 11.8 Å². The molecule has 192 valence electrons. The third kappa shape index (κ3) is 9.86. The van der Waals surface area contributed by atoms with Crippen LogP contribution in [0.4, 0.5) is 0 Å². The predicted octanol–water partition coefficient (Wildman–Crippen LogP) is 1.78. The van der Waals surface area contributed by atoms with Gasteiger partial charge in [-0.15, -0.1) is 0 Å². The molecule has 0 aliphatic carbocycles. The van der Waals surface area contributed by atoms with E-state index >= 15 is 0 Å². The van der Waals surface area contributed by atoms with E-state index in [0.29, 0.717) is 51.8 Å². The fraction of sp³-hybridized carbons (Fsp3) is 0.917. The van der Waals surface area contributed by atoms with Crippen molar-refractivity contribution in [2.75, 3.05) is 32.9 Å². The first-order chi connectivity index (χ1) is 15.8. The summed E-state index contributed by atoms with van der Waals surface area (Å²) in [5, 5.41) is 24.3. The van der Waals surface area contributed by atoms with Crippen LogP contribution in [0, 0.1) is 0 Å². The molecular weight excluding hydrogens is 428 g/mol. The number of ether oxygens (including phenoxy) is 3. The Bertz CT molecular complexity index is 605. The maximum Gasteiger partial charge on any atom is 0.220 e. The van der Waals surface area contributed by atoms with Crippen LogP contribution in [0.5, 0.6) is 0 Å². The molecule has 0 spiro atoms. The van der Waals surface area contributed by atoms with Crippen LogP contribution in [-0.2, 0) is 23.8 Å². The van der Waals surface area contributed by atoms with Gasteiger partial charge in [-0.1, -0.05) is 19.8 Å². The van der Waals surface area contributed by atoms with E-state index in [1.165, 1.54) is 0 Å². The lowest BCUT2D eigenvalue weighted by Gasteiger charge is -2.26. The Morgan fingerprint density at radius 3 is 2.03 bits per heavy atom. The number of aliphatic hydroxyl groups is 2. The minimum absolute atomic E-state index is 0.0139. The molecule has 2 aliphatic heterocycles. The molecule has 2 aliphatic rings. The van der Waals surface area contributed by atoms with Crippen LogP contribution in [0.2, 0.25) is 0 Å². The molecule has 0 aromatic carbocycles. The highest BCUT2D eigenvalue weighted by Gasteiger charge is 2.39. The summed E-state index contributed by atoms with van der Waals surface area (Å²) in [6, 6.07) is 0. The van der Waals surface area contributed by atoms with Crippen LogP contribution in [0.15, 0.2) is 0 Å². The highest BCUT2D eigenvalue weighted by Crippen LogP contribution is 2.33. The largest absolute Gasteiger partial charge is 0.394 e. The lowest BCUT2D eigenvalue weighted by Crippen LogP contribution is -2.34. The number of hydrogen-bond donors (Lipinski definition) is 4. The topological polar surface area (TPSA) is 126 Å². The molecule has 0 radical (unpaired) electrons. The number of carbonyl (C=O) groups excluding carboxylic acids is 2. The Labute approximate surface area is 197 Å². The zero-order valence-electron chi connectivity index (χ0n) is 20.4. The summed E-state index contributed by atoms with van der Waals surface area (Å²) >= 11 is 0. The fourth-order valence-corrected chi connectivity index (χ4v) is 4.42. The van der Waals surface area contributed by atoms with Gasteiger partial charge in [-0.05, 0) is 45.4 Å². The smallest absolute Gasteiger partial charge is 0.220 e. The molecule has 4 atom stereocenters. The van der Waals surface area contributed by atoms with Crippen LogP contribution >= 0.6 is 0 Å². The van der Waals surface area contributed by atoms with E-state index in [-0.39, 0.29) is 42.8 Å². The van der Waals surface area contributed by atoms with E-state index < -0.39 is 5.79 Å². The molecule has 0 aromatic rings. The minimum atomic E-state index is -0.751. The van der Waals surface area contributed by atoms with Crippen molar-refractivity contribution in [1.29, 1.82) is 0 Å². The fourth-order valence-electron chi connectivity index (χ4n) is 4.42. The summed E-state index contributed by atoms with van der Waals surface area (Å²) in [6.07, 6.45) is 7.73. The Morgan fingerprint density at radius 1 is 0.909 bits per heavy atom. The van der Waals surface area contributed by atoms with Gasteiger partial charge in [0, 0.05) is 32.4 Å². The molecule has 0 saturated carbocycles. The van der Waals surface area contributed by atoms with Gasteiger partial charge in [0.25, 0.3) is 0 Å². The van der Waals surface area contributed by atoms with Gasteiger partial charge in [-0.3, -0.25) is 9.59 Å². The van der Waals surface area contributed by atoms with Crippen molar-refractivity contribution in [3.8, 4) is 0 Å². The summed E-state index contributed by atoms with van der Waals surface area (Å²) < 4.78 is 17.3. The highest BCUT2D eigenvalue weighted by molar-refractivity contribution is 5.76. The molecule has 9 heteroatoms. The van der Waals surface area contributed by atoms with Gasteiger partial charge in [-0.2, -0.15) is 0 Å². The number of hydrogen-bond acceptors (Lipinski definition) is 7. The van der Waals surface area contributed by atoms with E-state index in [1.54, 1.807) is 0 Å². The zero-order chi connectivity index (χ0) is 24.2. The van der Waals surface area contributed by atoms with E-state index in [4.69, 9.17) is 14.2 Å². The third-order valence-corrected chi connectivity index (χ3v) is 6.67. The number of unbranched alkanes of at least 4 members (excludes halogenated alkanes) is 3. The molecule has 9 nitrogen and oxygen atoms in total. The summed E-state index contributed by atoms with van der Waals surface area (Å²) in [7, 11) is 0. The van der Waals surface area contributed by atoms with Gasteiger partial charge < -0.3 is 35.1 Å². The van der Waals surface area contributed by atoms with Crippen molar-refractivity contribution in [2.45, 2.75) is 108 Å². The van der Waals surface area contributed by atoms with Crippen LogP contribution in [0.3, 0.4) is 0 Å². The second-order valence-corrected chi connectivity index (χ2v) is 9.52. The molecule has 2 amide bonds. The molecule has 2 fully saturated rings. The standard InChI is InChI=1S/C24H44N2O7/c1-3-24(31-18-20(17-28)33-24)13-10-22(30)26-15-7-5-4-6-14-25-21(29)9-12-23(2)11-8-19(16-27)32-23/h19-20,27-28H,3-18H2,1-2H3,(H,25,29)(H,26,30). The van der Waals surface area contributed by atoms with Crippen molar-refractivity contribution in [3.63, 3.8) is 0 Å². The molecule has 0 aromatic heterocycles. The Kier molecular flexibility index (Phi) is 12.0. The summed E-state index contributed by atoms with van der Waals surface area (Å²) in [5.74, 6) is -0.719. The van der Waals surface area contributed by atoms with E-state index in [9.17, 15) is 19.8 Å². The summed E-state index contributed by atoms with van der Waals surface area (Å²) in [6.45, 7) is 5.61. The molecule has 2 heterocycles. The maximum atomic E-state index is 12.1.